The largest absolute Gasteiger partial charge is 0.462 e. The van der Waals surface area contributed by atoms with E-state index < -0.39 is 17.3 Å². The number of amides is 1. The normalized spacial score (nSPS) is 10.9. The van der Waals surface area contributed by atoms with Gasteiger partial charge in [-0.3, -0.25) is 4.79 Å². The molecule has 1 aromatic rings. The lowest BCUT2D eigenvalue weighted by Gasteiger charge is -2.21. The molecular formula is C14H21N3O3. The summed E-state index contributed by atoms with van der Waals surface area (Å²) in [6.07, 6.45) is 0. The quantitative estimate of drug-likeness (QED) is 0.538. The van der Waals surface area contributed by atoms with E-state index in [0.717, 1.165) is 0 Å². The Morgan fingerprint density at radius 2 is 2.00 bits per heavy atom. The molecule has 6 heteroatoms. The van der Waals surface area contributed by atoms with E-state index in [4.69, 9.17) is 16.2 Å². The van der Waals surface area contributed by atoms with Crippen molar-refractivity contribution in [3.63, 3.8) is 0 Å². The molecule has 5 N–H and O–H groups in total. The van der Waals surface area contributed by atoms with Crippen LogP contribution in [0.15, 0.2) is 18.2 Å². The van der Waals surface area contributed by atoms with Gasteiger partial charge in [0.15, 0.2) is 0 Å². The van der Waals surface area contributed by atoms with Gasteiger partial charge in [0.2, 0.25) is 5.91 Å². The number of carbonyl (C=O) groups excluding carboxylic acids is 2. The fourth-order valence-corrected chi connectivity index (χ4v) is 1.46. The average Bonchev–Trinajstić information content (AvgIpc) is 2.37. The molecule has 0 aromatic heterocycles. The molecule has 0 heterocycles. The van der Waals surface area contributed by atoms with E-state index in [0.29, 0.717) is 23.5 Å². The molecule has 0 unspecified atom stereocenters. The first-order valence-electron chi connectivity index (χ1n) is 6.38. The topological polar surface area (TPSA) is 107 Å². The molecule has 0 saturated carbocycles. The first-order valence-corrected chi connectivity index (χ1v) is 6.38. The molecule has 6 nitrogen and oxygen atoms in total. The first kappa shape index (κ1) is 15.8. The van der Waals surface area contributed by atoms with Gasteiger partial charge in [-0.25, -0.2) is 4.79 Å². The minimum Gasteiger partial charge on any atom is -0.462 e. The predicted molar refractivity (Wildman–Crippen MR) is 78.3 cm³/mol. The molecule has 0 aliphatic carbocycles. The summed E-state index contributed by atoms with van der Waals surface area (Å²) in [5, 5.41) is 3.07. The molecule has 0 bridgehead atoms. The number of hydrogen-bond donors (Lipinski definition) is 3. The molecule has 0 spiro atoms. The maximum absolute atomic E-state index is 11.7. The number of primary amides is 1. The molecule has 1 aromatic carbocycles. The summed E-state index contributed by atoms with van der Waals surface area (Å²) in [4.78, 5) is 23.0. The highest BCUT2D eigenvalue weighted by Crippen LogP contribution is 2.21. The van der Waals surface area contributed by atoms with Crippen LogP contribution in [0.5, 0.6) is 0 Å². The standard InChI is InChI=1S/C14H21N3O3/c1-4-20-12(18)10-7-9(5-6-11(10)15)17-8-14(2,3)13(16)19/h5-7,17H,4,8,15H2,1-3H3,(H2,16,19). The predicted octanol–water partition coefficient (Wildman–Crippen LogP) is 1.37. The van der Waals surface area contributed by atoms with Gasteiger partial charge < -0.3 is 21.5 Å². The van der Waals surface area contributed by atoms with Gasteiger partial charge >= 0.3 is 5.97 Å². The highest BCUT2D eigenvalue weighted by molar-refractivity contribution is 5.96. The molecule has 110 valence electrons. The molecule has 20 heavy (non-hydrogen) atoms. The molecule has 0 radical (unpaired) electrons. The van der Waals surface area contributed by atoms with Gasteiger partial charge in [-0.15, -0.1) is 0 Å². The van der Waals surface area contributed by atoms with Crippen LogP contribution in [-0.4, -0.2) is 25.0 Å². The Hall–Kier alpha value is -2.24. The van der Waals surface area contributed by atoms with Crippen molar-refractivity contribution < 1.29 is 14.3 Å². The lowest BCUT2D eigenvalue weighted by Crippen LogP contribution is -2.37. The number of carbonyl (C=O) groups is 2. The molecule has 0 fully saturated rings. The van der Waals surface area contributed by atoms with Crippen molar-refractivity contribution in [3.8, 4) is 0 Å². The summed E-state index contributed by atoms with van der Waals surface area (Å²) in [7, 11) is 0. The SMILES string of the molecule is CCOC(=O)c1cc(NCC(C)(C)C(N)=O)ccc1N. The van der Waals surface area contributed by atoms with Crippen LogP contribution < -0.4 is 16.8 Å². The first-order chi connectivity index (χ1) is 9.27. The van der Waals surface area contributed by atoms with E-state index in [1.165, 1.54) is 0 Å². The minimum atomic E-state index is -0.689. The van der Waals surface area contributed by atoms with Crippen LogP contribution in [0.2, 0.25) is 0 Å². The highest BCUT2D eigenvalue weighted by atomic mass is 16.5. The number of esters is 1. The molecule has 0 aliphatic heterocycles. The number of benzene rings is 1. The third-order valence-electron chi connectivity index (χ3n) is 2.95. The van der Waals surface area contributed by atoms with Crippen molar-refractivity contribution in [1.29, 1.82) is 0 Å². The van der Waals surface area contributed by atoms with Gasteiger partial charge in [0.1, 0.15) is 0 Å². The Balaban J connectivity index is 2.85. The number of hydrogen-bond acceptors (Lipinski definition) is 5. The van der Waals surface area contributed by atoms with Gasteiger partial charge in [-0.05, 0) is 39.0 Å². The van der Waals surface area contributed by atoms with E-state index in [-0.39, 0.29) is 6.61 Å². The number of nitrogens with one attached hydrogen (secondary N) is 1. The minimum absolute atomic E-state index is 0.282. The second-order valence-electron chi connectivity index (χ2n) is 5.12. The molecule has 1 amide bonds. The van der Waals surface area contributed by atoms with Gasteiger partial charge in [0, 0.05) is 17.9 Å². The Bertz CT molecular complexity index is 512. The molecule has 0 aliphatic rings. The maximum Gasteiger partial charge on any atom is 0.340 e. The fraction of sp³-hybridized carbons (Fsp3) is 0.429. The number of nitrogens with two attached hydrogens (primary N) is 2. The summed E-state index contributed by atoms with van der Waals surface area (Å²) in [6, 6.07) is 4.95. The summed E-state index contributed by atoms with van der Waals surface area (Å²) >= 11 is 0. The van der Waals surface area contributed by atoms with Crippen molar-refractivity contribution in [2.45, 2.75) is 20.8 Å². The second kappa shape index (κ2) is 6.27. The van der Waals surface area contributed by atoms with Crippen LogP contribution in [0, 0.1) is 5.41 Å². The Kier molecular flexibility index (Phi) is 4.96. The van der Waals surface area contributed by atoms with Crippen LogP contribution in [0.3, 0.4) is 0 Å². The molecule has 0 saturated heterocycles. The second-order valence-corrected chi connectivity index (χ2v) is 5.12. The van der Waals surface area contributed by atoms with Gasteiger partial charge in [0.05, 0.1) is 17.6 Å². The lowest BCUT2D eigenvalue weighted by atomic mass is 9.92. The van der Waals surface area contributed by atoms with Crippen molar-refractivity contribution in [2.24, 2.45) is 11.1 Å². The van der Waals surface area contributed by atoms with Crippen LogP contribution in [-0.2, 0) is 9.53 Å². The number of nitrogen functional groups attached to an aromatic ring is 1. The van der Waals surface area contributed by atoms with Crippen molar-refractivity contribution in [2.75, 3.05) is 24.2 Å². The smallest absolute Gasteiger partial charge is 0.340 e. The van der Waals surface area contributed by atoms with Crippen LogP contribution in [0.1, 0.15) is 31.1 Å². The zero-order chi connectivity index (χ0) is 15.3. The highest BCUT2D eigenvalue weighted by Gasteiger charge is 2.24. The van der Waals surface area contributed by atoms with Gasteiger partial charge in [0.25, 0.3) is 0 Å². The van der Waals surface area contributed by atoms with Crippen molar-refractivity contribution in [1.82, 2.24) is 0 Å². The van der Waals surface area contributed by atoms with Gasteiger partial charge in [-0.1, -0.05) is 0 Å². The van der Waals surface area contributed by atoms with Crippen molar-refractivity contribution >= 4 is 23.3 Å². The summed E-state index contributed by atoms with van der Waals surface area (Å²) in [5.74, 6) is -0.867. The van der Waals surface area contributed by atoms with E-state index >= 15 is 0 Å². The zero-order valence-electron chi connectivity index (χ0n) is 12.0. The van der Waals surface area contributed by atoms with Crippen LogP contribution >= 0.6 is 0 Å². The zero-order valence-corrected chi connectivity index (χ0v) is 12.0. The average molecular weight is 279 g/mol. The number of anilines is 2. The van der Waals surface area contributed by atoms with Crippen LogP contribution in [0.4, 0.5) is 11.4 Å². The summed E-state index contributed by atoms with van der Waals surface area (Å²) < 4.78 is 4.93. The van der Waals surface area contributed by atoms with E-state index in [2.05, 4.69) is 5.32 Å². The lowest BCUT2D eigenvalue weighted by molar-refractivity contribution is -0.125. The van der Waals surface area contributed by atoms with Crippen LogP contribution in [0.25, 0.3) is 0 Å². The Morgan fingerprint density at radius 3 is 2.55 bits per heavy atom. The van der Waals surface area contributed by atoms with E-state index in [9.17, 15) is 9.59 Å². The Morgan fingerprint density at radius 1 is 1.35 bits per heavy atom. The fourth-order valence-electron chi connectivity index (χ4n) is 1.46. The molecular weight excluding hydrogens is 258 g/mol. The van der Waals surface area contributed by atoms with Gasteiger partial charge in [-0.2, -0.15) is 0 Å². The van der Waals surface area contributed by atoms with E-state index in [1.807, 2.05) is 0 Å². The number of rotatable bonds is 6. The monoisotopic (exact) mass is 279 g/mol. The Labute approximate surface area is 118 Å². The molecule has 1 rings (SSSR count). The van der Waals surface area contributed by atoms with E-state index in [1.54, 1.807) is 39.0 Å². The van der Waals surface area contributed by atoms with Crippen molar-refractivity contribution in [3.05, 3.63) is 23.8 Å². The third kappa shape index (κ3) is 3.88. The number of ether oxygens (including phenoxy) is 1. The summed E-state index contributed by atoms with van der Waals surface area (Å²) in [6.45, 7) is 5.85. The third-order valence-corrected chi connectivity index (χ3v) is 2.95. The maximum atomic E-state index is 11.7. The molecule has 0 atom stereocenters. The summed E-state index contributed by atoms with van der Waals surface area (Å²) in [5.41, 5.74) is 11.7.